The molecule has 14 N–H and O–H groups in total. The topological polar surface area (TPSA) is 373 Å². The van der Waals surface area contributed by atoms with E-state index >= 15 is 0 Å². The zero-order valence-corrected chi connectivity index (χ0v) is 62.8. The smallest absolute Gasteiger partial charge is 0.364 e. The third-order valence-corrected chi connectivity index (χ3v) is 20.7. The van der Waals surface area contributed by atoms with Gasteiger partial charge in [0, 0.05) is 19.8 Å². The monoisotopic (exact) mass is 1450 g/mol. The summed E-state index contributed by atoms with van der Waals surface area (Å²) in [5.74, 6) is -6.13. The van der Waals surface area contributed by atoms with Gasteiger partial charge in [0.2, 0.25) is 11.8 Å². The van der Waals surface area contributed by atoms with Gasteiger partial charge < -0.3 is 100 Å². The first-order valence-electron chi connectivity index (χ1n) is 40.6. The summed E-state index contributed by atoms with van der Waals surface area (Å²) in [5.41, 5.74) is 0. The third-order valence-electron chi connectivity index (χ3n) is 20.7. The van der Waals surface area contributed by atoms with Crippen LogP contribution >= 0.6 is 0 Å². The van der Waals surface area contributed by atoms with Crippen LogP contribution in [0.4, 0.5) is 0 Å². The molecule has 0 aromatic carbocycles. The van der Waals surface area contributed by atoms with E-state index in [2.05, 4.69) is 24.5 Å². The molecule has 3 heterocycles. The van der Waals surface area contributed by atoms with Crippen molar-refractivity contribution in [3.05, 3.63) is 12.2 Å². The van der Waals surface area contributed by atoms with Crippen molar-refractivity contribution in [3.8, 4) is 0 Å². The molecule has 0 aliphatic carbocycles. The van der Waals surface area contributed by atoms with Gasteiger partial charge in [-0.25, -0.2) is 4.79 Å². The van der Waals surface area contributed by atoms with E-state index in [-0.39, 0.29) is 12.3 Å². The average molecular weight is 1450 g/mol. The molecular weight excluding hydrogens is 1300 g/mol. The number of allylic oxidation sites excluding steroid dienone is 1. The van der Waals surface area contributed by atoms with Crippen LogP contribution < -0.4 is 10.6 Å². The largest absolute Gasteiger partial charge is 0.477 e. The minimum Gasteiger partial charge on any atom is -0.477 e. The Morgan fingerprint density at radius 3 is 1.32 bits per heavy atom. The number of ether oxygens (including phenoxy) is 6. The summed E-state index contributed by atoms with van der Waals surface area (Å²) in [5, 5.41) is 136. The van der Waals surface area contributed by atoms with E-state index in [9.17, 15) is 75.7 Å². The molecule has 3 saturated heterocycles. The lowest BCUT2D eigenvalue weighted by Crippen LogP contribution is -2.70. The molecule has 23 nitrogen and oxygen atoms in total. The molecule has 0 bridgehead atoms. The second-order valence-corrected chi connectivity index (χ2v) is 29.6. The van der Waals surface area contributed by atoms with Crippen molar-refractivity contribution in [2.45, 2.75) is 439 Å². The van der Waals surface area contributed by atoms with Crippen molar-refractivity contribution >= 4 is 17.8 Å². The number of carbonyl (C=O) groups excluding carboxylic acids is 2. The van der Waals surface area contributed by atoms with Crippen LogP contribution in [0.3, 0.4) is 0 Å². The number of unbranched alkanes of at least 4 members (excludes halogenated alkanes) is 44. The lowest BCUT2D eigenvalue weighted by molar-refractivity contribution is -0.386. The van der Waals surface area contributed by atoms with Crippen LogP contribution in [0, 0.1) is 0 Å². The summed E-state index contributed by atoms with van der Waals surface area (Å²) < 4.78 is 34.9. The number of aliphatic hydroxyl groups is 11. The van der Waals surface area contributed by atoms with E-state index in [1.807, 2.05) is 6.08 Å². The highest BCUT2D eigenvalue weighted by atomic mass is 16.8. The van der Waals surface area contributed by atoms with E-state index in [4.69, 9.17) is 28.4 Å². The molecule has 0 saturated carbocycles. The van der Waals surface area contributed by atoms with Gasteiger partial charge in [-0.1, -0.05) is 302 Å². The molecule has 2 amide bonds. The minimum absolute atomic E-state index is 0.206. The molecule has 18 unspecified atom stereocenters. The number of carboxylic acid groups (broad SMARTS) is 1. The normalized spacial score (nSPS) is 26.8. The Morgan fingerprint density at radius 2 is 0.921 bits per heavy atom. The Morgan fingerprint density at radius 1 is 0.515 bits per heavy atom. The fraction of sp³-hybridized carbons (Fsp3) is 0.936. The third kappa shape index (κ3) is 38.2. The maximum Gasteiger partial charge on any atom is 0.364 e. The van der Waals surface area contributed by atoms with Crippen LogP contribution in [-0.4, -0.2) is 215 Å². The zero-order chi connectivity index (χ0) is 73.9. The highest BCUT2D eigenvalue weighted by Crippen LogP contribution is 2.39. The molecule has 3 aliphatic heterocycles. The van der Waals surface area contributed by atoms with Gasteiger partial charge in [-0.05, 0) is 19.3 Å². The Balaban J connectivity index is 1.52. The van der Waals surface area contributed by atoms with Crippen molar-refractivity contribution in [2.24, 2.45) is 0 Å². The standard InChI is InChI=1S/C78H146N2O21/c1-4-6-8-10-12-14-16-18-20-22-24-26-28-29-30-32-34-36-38-40-42-44-46-48-50-52-65(88)80-59(60(85)51-49-47-45-43-41-39-37-35-33-31-27-25-23-21-19-17-15-13-11-9-7-5-2)57-96-75-70(92)69(91)72(64(56-83)98-75)99-76-71(93)74(68(90)63(55-82)97-76)101-78(77(94)95)53-61(86)66(79-58(3)84)73(100-78)67(89)62(87)54-81/h49,51,59-64,66-76,81-83,85-87,89-93H,4-48,50,52-57H2,1-3H3,(H,79,84)(H,80,88)(H,94,95)/b51-49+. The predicted molar refractivity (Wildman–Crippen MR) is 389 cm³/mol. The van der Waals surface area contributed by atoms with Crippen LogP contribution in [0.5, 0.6) is 0 Å². The van der Waals surface area contributed by atoms with Gasteiger partial charge in [-0.2, -0.15) is 0 Å². The Hall–Kier alpha value is -2.53. The van der Waals surface area contributed by atoms with Crippen molar-refractivity contribution < 1.29 is 104 Å². The molecule has 0 aromatic rings. The van der Waals surface area contributed by atoms with E-state index in [1.54, 1.807) is 6.08 Å². The number of carboxylic acids is 1. The Labute approximate surface area is 607 Å². The second-order valence-electron chi connectivity index (χ2n) is 29.6. The molecule has 3 rings (SSSR count). The number of hydrogen-bond donors (Lipinski definition) is 14. The number of carbonyl (C=O) groups is 3. The fourth-order valence-corrected chi connectivity index (χ4v) is 14.3. The minimum atomic E-state index is -3.08. The number of hydrogen-bond acceptors (Lipinski definition) is 20. The SMILES string of the molecule is CCCCCCCCCCCCCCCCCCCCCC/C=C/C(O)C(COC1OC(CO)C(OC2OC(CO)C(O)C(OC3(C(=O)O)CC(O)C(NC(C)=O)C(C(O)C(O)CO)O3)C2O)C(O)C1O)NC(=O)CCCCCCCCCCCCCCCCCCCCCCCCCCC. The quantitative estimate of drug-likeness (QED) is 0.0199. The molecule has 594 valence electrons. The van der Waals surface area contributed by atoms with E-state index in [1.165, 1.54) is 238 Å². The Bertz CT molecular complexity index is 2070. The molecule has 23 heteroatoms. The molecule has 0 spiro atoms. The highest BCUT2D eigenvalue weighted by molar-refractivity contribution is 5.77. The fourth-order valence-electron chi connectivity index (χ4n) is 14.3. The second kappa shape index (κ2) is 57.6. The highest BCUT2D eigenvalue weighted by Gasteiger charge is 2.60. The summed E-state index contributed by atoms with van der Waals surface area (Å²) in [6.45, 7) is 2.20. The van der Waals surface area contributed by atoms with Crippen LogP contribution in [0.2, 0.25) is 0 Å². The predicted octanol–water partition coefficient (Wildman–Crippen LogP) is 10.6. The van der Waals surface area contributed by atoms with E-state index in [0.717, 1.165) is 51.9 Å². The van der Waals surface area contributed by atoms with Crippen molar-refractivity contribution in [1.29, 1.82) is 0 Å². The Kier molecular flexibility index (Phi) is 52.9. The lowest BCUT2D eigenvalue weighted by atomic mass is 9.88. The molecule has 101 heavy (non-hydrogen) atoms. The van der Waals surface area contributed by atoms with Gasteiger partial charge in [-0.3, -0.25) is 9.59 Å². The van der Waals surface area contributed by atoms with Crippen molar-refractivity contribution in [3.63, 3.8) is 0 Å². The van der Waals surface area contributed by atoms with Gasteiger partial charge >= 0.3 is 5.97 Å². The molecule has 3 aliphatic rings. The maximum absolute atomic E-state index is 13.5. The van der Waals surface area contributed by atoms with E-state index in [0.29, 0.717) is 12.8 Å². The number of aliphatic hydroxyl groups excluding tert-OH is 11. The van der Waals surface area contributed by atoms with Crippen LogP contribution in [0.25, 0.3) is 0 Å². The average Bonchev–Trinajstić information content (AvgIpc) is 0.756. The van der Waals surface area contributed by atoms with Gasteiger partial charge in [-0.15, -0.1) is 0 Å². The van der Waals surface area contributed by atoms with Gasteiger partial charge in [0.25, 0.3) is 5.79 Å². The summed E-state index contributed by atoms with van der Waals surface area (Å²) in [6, 6.07) is -2.62. The maximum atomic E-state index is 13.5. The molecular formula is C78H146N2O21. The zero-order valence-electron chi connectivity index (χ0n) is 62.8. The molecule has 0 aromatic heterocycles. The van der Waals surface area contributed by atoms with Gasteiger partial charge in [0.05, 0.1) is 50.7 Å². The first-order chi connectivity index (χ1) is 48.9. The van der Waals surface area contributed by atoms with Crippen LogP contribution in [0.15, 0.2) is 12.2 Å². The number of nitrogens with one attached hydrogen (secondary N) is 2. The van der Waals surface area contributed by atoms with Crippen molar-refractivity contribution in [2.75, 3.05) is 26.4 Å². The number of amides is 2. The van der Waals surface area contributed by atoms with Gasteiger partial charge in [0.1, 0.15) is 67.1 Å². The number of rotatable bonds is 64. The summed E-state index contributed by atoms with van der Waals surface area (Å²) in [6.07, 6.45) is 32.4. The summed E-state index contributed by atoms with van der Waals surface area (Å²) in [4.78, 5) is 38.7. The number of aliphatic carboxylic acids is 1. The lowest BCUT2D eigenvalue weighted by Gasteiger charge is -2.50. The first kappa shape index (κ1) is 92.7. The van der Waals surface area contributed by atoms with Crippen LogP contribution in [0.1, 0.15) is 329 Å². The van der Waals surface area contributed by atoms with Crippen molar-refractivity contribution in [1.82, 2.24) is 10.6 Å². The van der Waals surface area contributed by atoms with Gasteiger partial charge in [0.15, 0.2) is 12.6 Å². The molecule has 18 atom stereocenters. The van der Waals surface area contributed by atoms with E-state index < -0.39 is 155 Å². The molecule has 3 fully saturated rings. The molecule has 0 radical (unpaired) electrons. The summed E-state index contributed by atoms with van der Waals surface area (Å²) >= 11 is 0. The summed E-state index contributed by atoms with van der Waals surface area (Å²) in [7, 11) is 0. The first-order valence-corrected chi connectivity index (χ1v) is 40.6. The van der Waals surface area contributed by atoms with Crippen LogP contribution in [-0.2, 0) is 42.8 Å².